The van der Waals surface area contributed by atoms with Crippen molar-refractivity contribution < 1.29 is 9.47 Å². The third-order valence-corrected chi connectivity index (χ3v) is 7.13. The third kappa shape index (κ3) is 3.63. The molecule has 0 amide bonds. The zero-order chi connectivity index (χ0) is 21.6. The van der Waals surface area contributed by atoms with Crippen LogP contribution in [0.2, 0.25) is 0 Å². The Morgan fingerprint density at radius 3 is 2.13 bits per heavy atom. The maximum atomic E-state index is 12.3. The Bertz CT molecular complexity index is 980. The van der Waals surface area contributed by atoms with Gasteiger partial charge in [0.15, 0.2) is 0 Å². The van der Waals surface area contributed by atoms with E-state index in [4.69, 9.17) is 9.47 Å². The lowest BCUT2D eigenvalue weighted by Crippen LogP contribution is -2.50. The first-order valence-corrected chi connectivity index (χ1v) is 10.9. The molecule has 2 aliphatic heterocycles. The van der Waals surface area contributed by atoms with Crippen LogP contribution in [0, 0.1) is 13.8 Å². The van der Waals surface area contributed by atoms with Gasteiger partial charge in [-0.25, -0.2) is 0 Å². The van der Waals surface area contributed by atoms with Crippen LogP contribution in [-0.2, 0) is 13.6 Å². The molecule has 3 heterocycles. The van der Waals surface area contributed by atoms with E-state index in [1.165, 1.54) is 12.8 Å². The van der Waals surface area contributed by atoms with Gasteiger partial charge in [-0.3, -0.25) is 14.0 Å². The molecule has 2 unspecified atom stereocenters. The van der Waals surface area contributed by atoms with Crippen LogP contribution < -0.4 is 15.0 Å². The van der Waals surface area contributed by atoms with Crippen molar-refractivity contribution in [3.8, 4) is 22.6 Å². The SMILES string of the molecule is COc1cc(-c2cn(C)c(=O)c(C)c2C)cc(OC)c1CN1C2CCC1CN(S)C2. The van der Waals surface area contributed by atoms with E-state index in [1.807, 2.05) is 20.0 Å². The van der Waals surface area contributed by atoms with Crippen LogP contribution in [0.25, 0.3) is 11.1 Å². The van der Waals surface area contributed by atoms with Crippen LogP contribution in [0.3, 0.4) is 0 Å². The summed E-state index contributed by atoms with van der Waals surface area (Å²) in [6, 6.07) is 5.18. The molecule has 2 atom stereocenters. The van der Waals surface area contributed by atoms with Crippen molar-refractivity contribution in [3.05, 3.63) is 45.4 Å². The summed E-state index contributed by atoms with van der Waals surface area (Å²) in [7, 11) is 5.21. The van der Waals surface area contributed by atoms with E-state index in [-0.39, 0.29) is 5.56 Å². The van der Waals surface area contributed by atoms with E-state index in [2.05, 4.69) is 34.2 Å². The Labute approximate surface area is 183 Å². The summed E-state index contributed by atoms with van der Waals surface area (Å²) >= 11 is 4.58. The van der Waals surface area contributed by atoms with Crippen LogP contribution in [0.4, 0.5) is 0 Å². The second-order valence-electron chi connectivity index (χ2n) is 8.50. The van der Waals surface area contributed by atoms with Gasteiger partial charge in [-0.2, -0.15) is 0 Å². The number of methoxy groups -OCH3 is 2. The number of nitrogens with zero attached hydrogens (tertiary/aromatic N) is 3. The smallest absolute Gasteiger partial charge is 0.253 e. The summed E-state index contributed by atoms with van der Waals surface area (Å²) in [5.41, 5.74) is 4.86. The van der Waals surface area contributed by atoms with Crippen molar-refractivity contribution in [2.45, 2.75) is 45.3 Å². The zero-order valence-electron chi connectivity index (χ0n) is 18.4. The van der Waals surface area contributed by atoms with Crippen LogP contribution in [0.1, 0.15) is 29.5 Å². The second kappa shape index (κ2) is 8.29. The van der Waals surface area contributed by atoms with E-state index in [1.54, 1.807) is 25.8 Å². The van der Waals surface area contributed by atoms with Crippen molar-refractivity contribution in [2.75, 3.05) is 27.3 Å². The van der Waals surface area contributed by atoms with Gasteiger partial charge in [0.05, 0.1) is 19.8 Å². The fraction of sp³-hybridized carbons (Fsp3) is 0.522. The largest absolute Gasteiger partial charge is 0.496 e. The summed E-state index contributed by atoms with van der Waals surface area (Å²) in [5, 5.41) is 0. The van der Waals surface area contributed by atoms with Crippen molar-refractivity contribution >= 4 is 12.8 Å². The summed E-state index contributed by atoms with van der Waals surface area (Å²) in [5.74, 6) is 1.64. The molecule has 2 saturated heterocycles. The number of benzene rings is 1. The maximum absolute atomic E-state index is 12.3. The molecule has 1 aromatic carbocycles. The summed E-state index contributed by atoms with van der Waals surface area (Å²) in [6.45, 7) is 6.64. The number of hydrogen-bond acceptors (Lipinski definition) is 6. The molecule has 162 valence electrons. The third-order valence-electron chi connectivity index (χ3n) is 6.80. The highest BCUT2D eigenvalue weighted by molar-refractivity contribution is 7.77. The first kappa shape index (κ1) is 21.3. The molecule has 0 N–H and O–H groups in total. The van der Waals surface area contributed by atoms with Crippen LogP contribution in [0.5, 0.6) is 11.5 Å². The molecular weight excluding hydrogens is 398 g/mol. The Morgan fingerprint density at radius 2 is 1.60 bits per heavy atom. The second-order valence-corrected chi connectivity index (χ2v) is 9.06. The minimum absolute atomic E-state index is 0.0330. The molecule has 2 fully saturated rings. The van der Waals surface area contributed by atoms with E-state index in [9.17, 15) is 4.79 Å². The van der Waals surface area contributed by atoms with Crippen molar-refractivity contribution in [1.82, 2.24) is 13.8 Å². The number of aromatic nitrogens is 1. The average Bonchev–Trinajstić information content (AvgIpc) is 2.97. The Hall–Kier alpha value is -1.96. The molecular formula is C23H31N3O3S. The monoisotopic (exact) mass is 429 g/mol. The first-order valence-electron chi connectivity index (χ1n) is 10.5. The molecule has 7 heteroatoms. The molecule has 2 aromatic rings. The number of pyridine rings is 1. The predicted octanol–water partition coefficient (Wildman–Crippen LogP) is 3.18. The predicted molar refractivity (Wildman–Crippen MR) is 123 cm³/mol. The van der Waals surface area contributed by atoms with E-state index in [0.717, 1.165) is 59.0 Å². The van der Waals surface area contributed by atoms with E-state index < -0.39 is 0 Å². The number of thiol groups is 1. The van der Waals surface area contributed by atoms with Crippen molar-refractivity contribution in [2.24, 2.45) is 7.05 Å². The number of fused-ring (bicyclic) bond motifs is 2. The fourth-order valence-electron chi connectivity index (χ4n) is 4.97. The number of hydrogen-bond donors (Lipinski definition) is 1. The molecule has 30 heavy (non-hydrogen) atoms. The number of ether oxygens (including phenoxy) is 2. The molecule has 6 nitrogen and oxygen atoms in total. The van der Waals surface area contributed by atoms with Crippen molar-refractivity contribution in [3.63, 3.8) is 0 Å². The van der Waals surface area contributed by atoms with Crippen LogP contribution >= 0.6 is 12.8 Å². The molecule has 1 aromatic heterocycles. The van der Waals surface area contributed by atoms with Gasteiger partial charge in [0.1, 0.15) is 11.5 Å². The van der Waals surface area contributed by atoms with Gasteiger partial charge >= 0.3 is 0 Å². The average molecular weight is 430 g/mol. The van der Waals surface area contributed by atoms with Crippen LogP contribution in [0.15, 0.2) is 23.1 Å². The van der Waals surface area contributed by atoms with Gasteiger partial charge in [0.2, 0.25) is 0 Å². The maximum Gasteiger partial charge on any atom is 0.253 e. The van der Waals surface area contributed by atoms with Gasteiger partial charge in [0.25, 0.3) is 5.56 Å². The highest BCUT2D eigenvalue weighted by Gasteiger charge is 2.39. The Balaban J connectivity index is 1.75. The van der Waals surface area contributed by atoms with Gasteiger partial charge in [0, 0.05) is 56.1 Å². The molecule has 2 bridgehead atoms. The normalized spacial score (nSPS) is 21.8. The Morgan fingerprint density at radius 1 is 1.03 bits per heavy atom. The van der Waals surface area contributed by atoms with Gasteiger partial charge in [-0.15, -0.1) is 0 Å². The van der Waals surface area contributed by atoms with Gasteiger partial charge in [-0.05, 0) is 49.9 Å². The number of aryl methyl sites for hydroxylation is 1. The molecule has 0 radical (unpaired) electrons. The fourth-order valence-corrected chi connectivity index (χ4v) is 5.35. The minimum Gasteiger partial charge on any atom is -0.496 e. The van der Waals surface area contributed by atoms with Gasteiger partial charge < -0.3 is 14.0 Å². The lowest BCUT2D eigenvalue weighted by atomic mass is 9.97. The van der Waals surface area contributed by atoms with Gasteiger partial charge in [-0.1, -0.05) is 12.8 Å². The zero-order valence-corrected chi connectivity index (χ0v) is 19.3. The number of rotatable bonds is 5. The minimum atomic E-state index is 0.0330. The summed E-state index contributed by atoms with van der Waals surface area (Å²) < 4.78 is 15.4. The topological polar surface area (TPSA) is 46.9 Å². The molecule has 4 rings (SSSR count). The molecule has 0 aliphatic carbocycles. The summed E-state index contributed by atoms with van der Waals surface area (Å²) in [6.07, 6.45) is 4.31. The van der Waals surface area contributed by atoms with Crippen LogP contribution in [-0.4, -0.2) is 53.2 Å². The quantitative estimate of drug-likeness (QED) is 0.740. The lowest BCUT2D eigenvalue weighted by molar-refractivity contribution is 0.107. The lowest BCUT2D eigenvalue weighted by Gasteiger charge is -2.39. The standard InChI is InChI=1S/C23H31N3O3S/c1-14-15(2)23(27)24(3)12-19(14)16-8-21(28-4)20(22(9-16)29-5)13-26-17-6-7-18(26)11-25(30)10-17/h8-9,12,17-18,30H,6-7,10-11,13H2,1-5H3. The Kier molecular flexibility index (Phi) is 5.88. The summed E-state index contributed by atoms with van der Waals surface area (Å²) in [4.78, 5) is 14.9. The molecule has 0 spiro atoms. The highest BCUT2D eigenvalue weighted by atomic mass is 32.1. The van der Waals surface area contributed by atoms with E-state index in [0.29, 0.717) is 12.1 Å². The van der Waals surface area contributed by atoms with E-state index >= 15 is 0 Å². The molecule has 2 aliphatic rings. The number of piperazine rings is 1. The van der Waals surface area contributed by atoms with Crippen molar-refractivity contribution in [1.29, 1.82) is 0 Å². The first-order chi connectivity index (χ1) is 14.3. The highest BCUT2D eigenvalue weighted by Crippen LogP contribution is 2.40. The molecule has 0 saturated carbocycles.